The summed E-state index contributed by atoms with van der Waals surface area (Å²) in [5.74, 6) is 0.660. The van der Waals surface area contributed by atoms with Crippen LogP contribution in [0.25, 0.3) is 10.9 Å². The van der Waals surface area contributed by atoms with Gasteiger partial charge in [0, 0.05) is 29.6 Å². The van der Waals surface area contributed by atoms with Gasteiger partial charge in [0.05, 0.1) is 5.52 Å². The number of Topliss-reactive ketones (excluding diaryl/α,β-unsaturated/α-hetero) is 1. The minimum atomic E-state index is -0.0833. The molecule has 0 spiro atoms. The SMILES string of the molecule is CC(=O)c1cccc(NC(=O)CCCNc2ncnc3ccccc23)c1. The van der Waals surface area contributed by atoms with E-state index < -0.39 is 0 Å². The summed E-state index contributed by atoms with van der Waals surface area (Å²) in [4.78, 5) is 31.9. The summed E-state index contributed by atoms with van der Waals surface area (Å²) >= 11 is 0. The van der Waals surface area contributed by atoms with E-state index in [-0.39, 0.29) is 11.7 Å². The molecule has 132 valence electrons. The number of carbonyl (C=O) groups is 2. The van der Waals surface area contributed by atoms with E-state index in [1.807, 2.05) is 24.3 Å². The lowest BCUT2D eigenvalue weighted by atomic mass is 10.1. The maximum absolute atomic E-state index is 12.1. The Hall–Kier alpha value is -3.28. The Bertz CT molecular complexity index is 935. The van der Waals surface area contributed by atoms with E-state index in [4.69, 9.17) is 0 Å². The van der Waals surface area contributed by atoms with Crippen LogP contribution in [-0.4, -0.2) is 28.2 Å². The molecule has 1 amide bonds. The van der Waals surface area contributed by atoms with E-state index in [0.29, 0.717) is 30.6 Å². The second-order valence-electron chi connectivity index (χ2n) is 5.95. The van der Waals surface area contributed by atoms with Crippen molar-refractivity contribution in [2.24, 2.45) is 0 Å². The number of nitrogens with zero attached hydrogens (tertiary/aromatic N) is 2. The van der Waals surface area contributed by atoms with Crippen molar-refractivity contribution in [3.8, 4) is 0 Å². The van der Waals surface area contributed by atoms with Crippen LogP contribution in [0.5, 0.6) is 0 Å². The second-order valence-corrected chi connectivity index (χ2v) is 5.95. The van der Waals surface area contributed by atoms with Gasteiger partial charge in [0.1, 0.15) is 12.1 Å². The Morgan fingerprint density at radius 1 is 1.04 bits per heavy atom. The van der Waals surface area contributed by atoms with E-state index in [1.54, 1.807) is 24.3 Å². The van der Waals surface area contributed by atoms with Gasteiger partial charge in [0.2, 0.25) is 5.91 Å². The number of fused-ring (bicyclic) bond motifs is 1. The average Bonchev–Trinajstić information content (AvgIpc) is 2.65. The molecule has 1 heterocycles. The summed E-state index contributed by atoms with van der Waals surface area (Å²) < 4.78 is 0. The van der Waals surface area contributed by atoms with Crippen molar-refractivity contribution in [2.75, 3.05) is 17.2 Å². The molecule has 6 heteroatoms. The van der Waals surface area contributed by atoms with Crippen molar-refractivity contribution in [3.05, 3.63) is 60.4 Å². The van der Waals surface area contributed by atoms with Crippen molar-refractivity contribution in [1.82, 2.24) is 9.97 Å². The Labute approximate surface area is 151 Å². The molecule has 0 saturated carbocycles. The summed E-state index contributed by atoms with van der Waals surface area (Å²) in [6.45, 7) is 2.13. The van der Waals surface area contributed by atoms with Gasteiger partial charge in [-0.25, -0.2) is 9.97 Å². The number of ketones is 1. The topological polar surface area (TPSA) is 84.0 Å². The smallest absolute Gasteiger partial charge is 0.224 e. The van der Waals surface area contributed by atoms with Crippen LogP contribution in [0, 0.1) is 0 Å². The van der Waals surface area contributed by atoms with E-state index in [0.717, 1.165) is 16.7 Å². The fourth-order valence-electron chi connectivity index (χ4n) is 2.64. The van der Waals surface area contributed by atoms with Crippen LogP contribution >= 0.6 is 0 Å². The van der Waals surface area contributed by atoms with Crippen LogP contribution in [-0.2, 0) is 4.79 Å². The number of benzene rings is 2. The van der Waals surface area contributed by atoms with Crippen LogP contribution in [0.15, 0.2) is 54.9 Å². The molecule has 0 aliphatic heterocycles. The van der Waals surface area contributed by atoms with Crippen molar-refractivity contribution >= 4 is 34.1 Å². The number of para-hydroxylation sites is 1. The number of carbonyl (C=O) groups excluding carboxylic acids is 2. The standard InChI is InChI=1S/C20H20N4O2/c1-14(25)15-6-4-7-16(12-15)24-19(26)10-5-11-21-20-17-8-2-3-9-18(17)22-13-23-20/h2-4,6-9,12-13H,5,10-11H2,1H3,(H,24,26)(H,21,22,23). The number of aromatic nitrogens is 2. The van der Waals surface area contributed by atoms with Crippen LogP contribution in [0.4, 0.5) is 11.5 Å². The predicted molar refractivity (Wildman–Crippen MR) is 102 cm³/mol. The van der Waals surface area contributed by atoms with Crippen LogP contribution < -0.4 is 10.6 Å². The number of anilines is 2. The van der Waals surface area contributed by atoms with E-state index in [2.05, 4.69) is 20.6 Å². The highest BCUT2D eigenvalue weighted by molar-refractivity contribution is 5.97. The molecular weight excluding hydrogens is 328 g/mol. The fraction of sp³-hybridized carbons (Fsp3) is 0.200. The molecule has 0 aliphatic rings. The van der Waals surface area contributed by atoms with Crippen LogP contribution in [0.2, 0.25) is 0 Å². The molecule has 0 bridgehead atoms. The van der Waals surface area contributed by atoms with Gasteiger partial charge in [-0.3, -0.25) is 9.59 Å². The first-order valence-corrected chi connectivity index (χ1v) is 8.48. The highest BCUT2D eigenvalue weighted by Gasteiger charge is 2.06. The molecule has 2 N–H and O–H groups in total. The molecule has 2 aromatic carbocycles. The largest absolute Gasteiger partial charge is 0.369 e. The zero-order chi connectivity index (χ0) is 18.4. The molecule has 0 saturated heterocycles. The van der Waals surface area contributed by atoms with Gasteiger partial charge in [-0.2, -0.15) is 0 Å². The lowest BCUT2D eigenvalue weighted by molar-refractivity contribution is -0.116. The fourth-order valence-corrected chi connectivity index (χ4v) is 2.64. The van der Waals surface area contributed by atoms with Gasteiger partial charge in [-0.1, -0.05) is 24.3 Å². The number of nitrogens with one attached hydrogen (secondary N) is 2. The molecule has 0 atom stereocenters. The Balaban J connectivity index is 1.49. The predicted octanol–water partition coefficient (Wildman–Crippen LogP) is 3.66. The van der Waals surface area contributed by atoms with Gasteiger partial charge in [-0.05, 0) is 37.6 Å². The molecule has 3 aromatic rings. The second kappa shape index (κ2) is 8.20. The molecule has 0 fully saturated rings. The Morgan fingerprint density at radius 2 is 1.88 bits per heavy atom. The minimum Gasteiger partial charge on any atom is -0.369 e. The minimum absolute atomic E-state index is 0.0256. The quantitative estimate of drug-likeness (QED) is 0.503. The third-order valence-electron chi connectivity index (χ3n) is 3.97. The van der Waals surface area contributed by atoms with Gasteiger partial charge in [0.25, 0.3) is 0 Å². The summed E-state index contributed by atoms with van der Waals surface area (Å²) in [7, 11) is 0. The van der Waals surface area contributed by atoms with E-state index in [1.165, 1.54) is 13.3 Å². The summed E-state index contributed by atoms with van der Waals surface area (Å²) in [5.41, 5.74) is 2.10. The molecule has 26 heavy (non-hydrogen) atoms. The third-order valence-corrected chi connectivity index (χ3v) is 3.97. The zero-order valence-electron chi connectivity index (χ0n) is 14.5. The van der Waals surface area contributed by atoms with Crippen molar-refractivity contribution in [3.63, 3.8) is 0 Å². The first-order valence-electron chi connectivity index (χ1n) is 8.48. The lowest BCUT2D eigenvalue weighted by Crippen LogP contribution is -2.14. The Morgan fingerprint density at radius 3 is 2.73 bits per heavy atom. The van der Waals surface area contributed by atoms with E-state index in [9.17, 15) is 9.59 Å². The monoisotopic (exact) mass is 348 g/mol. The lowest BCUT2D eigenvalue weighted by Gasteiger charge is -2.09. The van der Waals surface area contributed by atoms with Gasteiger partial charge >= 0.3 is 0 Å². The van der Waals surface area contributed by atoms with Crippen LogP contribution in [0.3, 0.4) is 0 Å². The highest BCUT2D eigenvalue weighted by Crippen LogP contribution is 2.18. The maximum atomic E-state index is 12.1. The normalized spacial score (nSPS) is 10.5. The number of hydrogen-bond donors (Lipinski definition) is 2. The first kappa shape index (κ1) is 17.5. The van der Waals surface area contributed by atoms with Gasteiger partial charge < -0.3 is 10.6 Å². The number of amides is 1. The molecule has 0 aliphatic carbocycles. The summed E-state index contributed by atoms with van der Waals surface area (Å²) in [5, 5.41) is 7.03. The van der Waals surface area contributed by atoms with Crippen molar-refractivity contribution < 1.29 is 9.59 Å². The average molecular weight is 348 g/mol. The summed E-state index contributed by atoms with van der Waals surface area (Å²) in [6, 6.07) is 14.7. The molecule has 0 radical (unpaired) electrons. The van der Waals surface area contributed by atoms with Gasteiger partial charge in [-0.15, -0.1) is 0 Å². The molecule has 6 nitrogen and oxygen atoms in total. The van der Waals surface area contributed by atoms with Gasteiger partial charge in [0.15, 0.2) is 5.78 Å². The molecular formula is C20H20N4O2. The van der Waals surface area contributed by atoms with E-state index >= 15 is 0 Å². The number of hydrogen-bond acceptors (Lipinski definition) is 5. The van der Waals surface area contributed by atoms with Crippen molar-refractivity contribution in [2.45, 2.75) is 19.8 Å². The first-order chi connectivity index (χ1) is 12.6. The zero-order valence-corrected chi connectivity index (χ0v) is 14.5. The van der Waals surface area contributed by atoms with Crippen molar-refractivity contribution in [1.29, 1.82) is 0 Å². The summed E-state index contributed by atoms with van der Waals surface area (Å²) in [6.07, 6.45) is 2.57. The highest BCUT2D eigenvalue weighted by atomic mass is 16.1. The molecule has 1 aromatic heterocycles. The molecule has 0 unspecified atom stereocenters. The Kier molecular flexibility index (Phi) is 5.53. The van der Waals surface area contributed by atoms with Crippen LogP contribution in [0.1, 0.15) is 30.1 Å². The maximum Gasteiger partial charge on any atom is 0.224 e. The molecule has 3 rings (SSSR count). The number of rotatable bonds is 7. The third kappa shape index (κ3) is 4.42.